The van der Waals surface area contributed by atoms with Gasteiger partial charge in [-0.1, -0.05) is 23.2 Å². The van der Waals surface area contributed by atoms with Crippen molar-refractivity contribution in [2.45, 2.75) is 17.9 Å². The van der Waals surface area contributed by atoms with Crippen LogP contribution in [0, 0.1) is 10.1 Å². The average Bonchev–Trinajstić information content (AvgIpc) is 2.63. The lowest BCUT2D eigenvalue weighted by atomic mass is 10.2. The highest BCUT2D eigenvalue weighted by Gasteiger charge is 2.37. The first-order valence-electron chi connectivity index (χ1n) is 7.55. The number of hydrogen-bond acceptors (Lipinski definition) is 6. The molecule has 0 saturated carbocycles. The number of ether oxygens (including phenoxy) is 1. The van der Waals surface area contributed by atoms with Crippen molar-refractivity contribution in [2.75, 3.05) is 11.4 Å². The number of nitro benzene ring substituents is 1. The number of carbonyl (C=O) groups is 1. The predicted octanol–water partition coefficient (Wildman–Crippen LogP) is 3.58. The van der Waals surface area contributed by atoms with Crippen molar-refractivity contribution in [1.29, 1.82) is 0 Å². The molecule has 150 valence electrons. The number of methoxy groups -OCH3 is 1. The zero-order valence-electron chi connectivity index (χ0n) is 14.5. The predicted molar refractivity (Wildman–Crippen MR) is 103 cm³/mol. The monoisotopic (exact) mass is 448 g/mol. The highest BCUT2D eigenvalue weighted by atomic mass is 35.5. The van der Waals surface area contributed by atoms with Crippen LogP contribution in [0.4, 0.5) is 11.4 Å². The van der Waals surface area contributed by atoms with Gasteiger partial charge in [-0.3, -0.25) is 10.1 Å². The smallest absolute Gasteiger partial charge is 0.327 e. The van der Waals surface area contributed by atoms with Crippen molar-refractivity contribution < 1.29 is 28.0 Å². The second-order valence-electron chi connectivity index (χ2n) is 5.50. The number of non-ortho nitro benzene ring substituents is 1. The topological polar surface area (TPSA) is 127 Å². The summed E-state index contributed by atoms with van der Waals surface area (Å²) in [5.41, 5.74) is -0.784. The second-order valence-corrected chi connectivity index (χ2v) is 8.13. The van der Waals surface area contributed by atoms with Crippen molar-refractivity contribution >= 4 is 50.6 Å². The van der Waals surface area contributed by atoms with E-state index in [1.807, 2.05) is 0 Å². The molecule has 1 N–H and O–H groups in total. The molecule has 28 heavy (non-hydrogen) atoms. The number of nitro groups is 1. The van der Waals surface area contributed by atoms with Crippen LogP contribution in [0.5, 0.6) is 5.75 Å². The largest absolute Gasteiger partial charge is 0.495 e. The molecule has 0 fully saturated rings. The van der Waals surface area contributed by atoms with E-state index in [1.165, 1.54) is 25.3 Å². The summed E-state index contributed by atoms with van der Waals surface area (Å²) in [6.07, 6.45) is 0. The van der Waals surface area contributed by atoms with Gasteiger partial charge in [0.15, 0.2) is 0 Å². The first kappa shape index (κ1) is 21.7. The minimum absolute atomic E-state index is 0.0527. The molecule has 0 spiro atoms. The maximum atomic E-state index is 13.3. The first-order chi connectivity index (χ1) is 13.0. The number of aliphatic carboxylic acids is 1. The Kier molecular flexibility index (Phi) is 6.37. The molecule has 0 heterocycles. The van der Waals surface area contributed by atoms with Crippen LogP contribution in [-0.2, 0) is 14.8 Å². The Morgan fingerprint density at radius 2 is 1.89 bits per heavy atom. The molecule has 0 aromatic heterocycles. The third-order valence-corrected chi connectivity index (χ3v) is 6.35. The summed E-state index contributed by atoms with van der Waals surface area (Å²) in [7, 11) is -3.38. The molecule has 0 radical (unpaired) electrons. The van der Waals surface area contributed by atoms with Crippen LogP contribution in [-0.4, -0.2) is 37.6 Å². The minimum atomic E-state index is -4.59. The molecule has 1 unspecified atom stereocenters. The van der Waals surface area contributed by atoms with Gasteiger partial charge in [-0.2, -0.15) is 0 Å². The standard InChI is InChI=1S/C16H14Cl2N2O7S/c1-9(16(21)22)19(13-8-11(20(23)24)4-6-14(13)27-2)28(25,26)15-7-10(17)3-5-12(15)18/h3-9H,1-2H3,(H,21,22). The van der Waals surface area contributed by atoms with E-state index in [0.717, 1.165) is 25.1 Å². The number of hydrogen-bond donors (Lipinski definition) is 1. The van der Waals surface area contributed by atoms with Crippen molar-refractivity contribution in [3.63, 3.8) is 0 Å². The maximum Gasteiger partial charge on any atom is 0.327 e. The Balaban J connectivity index is 2.84. The summed E-state index contributed by atoms with van der Waals surface area (Å²) in [4.78, 5) is 21.6. The number of rotatable bonds is 7. The van der Waals surface area contributed by atoms with Gasteiger partial charge in [0.1, 0.15) is 22.4 Å². The lowest BCUT2D eigenvalue weighted by molar-refractivity contribution is -0.384. The molecule has 0 amide bonds. The molecule has 0 saturated heterocycles. The molecule has 9 nitrogen and oxygen atoms in total. The van der Waals surface area contributed by atoms with Crippen LogP contribution in [0.15, 0.2) is 41.3 Å². The van der Waals surface area contributed by atoms with E-state index in [1.54, 1.807) is 0 Å². The van der Waals surface area contributed by atoms with Crippen LogP contribution in [0.25, 0.3) is 0 Å². The van der Waals surface area contributed by atoms with Crippen LogP contribution in [0.2, 0.25) is 10.0 Å². The van der Waals surface area contributed by atoms with E-state index in [2.05, 4.69) is 0 Å². The van der Waals surface area contributed by atoms with E-state index >= 15 is 0 Å². The van der Waals surface area contributed by atoms with Gasteiger partial charge in [0.05, 0.1) is 17.1 Å². The van der Waals surface area contributed by atoms with Gasteiger partial charge in [0, 0.05) is 17.2 Å². The van der Waals surface area contributed by atoms with Crippen LogP contribution >= 0.6 is 23.2 Å². The number of nitrogens with zero attached hydrogens (tertiary/aromatic N) is 2. The molecular weight excluding hydrogens is 435 g/mol. The van der Waals surface area contributed by atoms with Gasteiger partial charge in [0.2, 0.25) is 0 Å². The third-order valence-electron chi connectivity index (χ3n) is 3.75. The Bertz CT molecular complexity index is 1040. The lowest BCUT2D eigenvalue weighted by Gasteiger charge is -2.29. The quantitative estimate of drug-likeness (QED) is 0.506. The highest BCUT2D eigenvalue weighted by molar-refractivity contribution is 7.93. The van der Waals surface area contributed by atoms with Gasteiger partial charge in [-0.15, -0.1) is 0 Å². The van der Waals surface area contributed by atoms with Gasteiger partial charge < -0.3 is 9.84 Å². The molecule has 12 heteroatoms. The summed E-state index contributed by atoms with van der Waals surface area (Å²) in [5.74, 6) is -1.57. The minimum Gasteiger partial charge on any atom is -0.495 e. The maximum absolute atomic E-state index is 13.3. The number of benzene rings is 2. The van der Waals surface area contributed by atoms with E-state index in [0.29, 0.717) is 4.31 Å². The SMILES string of the molecule is COc1ccc([N+](=O)[O-])cc1N(C(C)C(=O)O)S(=O)(=O)c1cc(Cl)ccc1Cl. The van der Waals surface area contributed by atoms with Crippen LogP contribution in [0.1, 0.15) is 6.92 Å². The van der Waals surface area contributed by atoms with E-state index < -0.39 is 37.5 Å². The Labute approximate surface area is 170 Å². The summed E-state index contributed by atoms with van der Waals surface area (Å²) in [6, 6.07) is 5.21. The zero-order valence-corrected chi connectivity index (χ0v) is 16.8. The molecule has 0 aliphatic heterocycles. The van der Waals surface area contributed by atoms with E-state index in [4.69, 9.17) is 27.9 Å². The van der Waals surface area contributed by atoms with Crippen molar-refractivity contribution in [3.8, 4) is 5.75 Å². The molecular formula is C16H14Cl2N2O7S. The lowest BCUT2D eigenvalue weighted by Crippen LogP contribution is -2.43. The second kappa shape index (κ2) is 8.21. The average molecular weight is 449 g/mol. The van der Waals surface area contributed by atoms with E-state index in [9.17, 15) is 28.4 Å². The molecule has 2 aromatic rings. The molecule has 0 aliphatic carbocycles. The molecule has 0 aliphatic rings. The van der Waals surface area contributed by atoms with Crippen molar-refractivity contribution in [1.82, 2.24) is 0 Å². The van der Waals surface area contributed by atoms with Gasteiger partial charge in [0.25, 0.3) is 15.7 Å². The molecule has 2 aromatic carbocycles. The number of anilines is 1. The summed E-state index contributed by atoms with van der Waals surface area (Å²) in [5, 5.41) is 20.4. The summed E-state index contributed by atoms with van der Waals surface area (Å²) < 4.78 is 32.2. The molecule has 0 bridgehead atoms. The Morgan fingerprint density at radius 3 is 2.43 bits per heavy atom. The van der Waals surface area contributed by atoms with Crippen LogP contribution < -0.4 is 9.04 Å². The fraction of sp³-hybridized carbons (Fsp3) is 0.188. The van der Waals surface area contributed by atoms with Crippen LogP contribution in [0.3, 0.4) is 0 Å². The van der Waals surface area contributed by atoms with Gasteiger partial charge >= 0.3 is 5.97 Å². The first-order valence-corrected chi connectivity index (χ1v) is 9.75. The normalized spacial score (nSPS) is 12.3. The third kappa shape index (κ3) is 4.13. The number of sulfonamides is 1. The Morgan fingerprint density at radius 1 is 1.25 bits per heavy atom. The van der Waals surface area contributed by atoms with Crippen molar-refractivity contribution in [3.05, 3.63) is 56.6 Å². The fourth-order valence-electron chi connectivity index (χ4n) is 2.39. The van der Waals surface area contributed by atoms with Gasteiger partial charge in [-0.05, 0) is 31.2 Å². The number of carboxylic acid groups (broad SMARTS) is 1. The number of halogens is 2. The fourth-order valence-corrected chi connectivity index (χ4v) is 4.75. The zero-order chi connectivity index (χ0) is 21.2. The molecule has 1 atom stereocenters. The van der Waals surface area contributed by atoms with E-state index in [-0.39, 0.29) is 21.5 Å². The summed E-state index contributed by atoms with van der Waals surface area (Å²) >= 11 is 11.9. The van der Waals surface area contributed by atoms with Gasteiger partial charge in [-0.25, -0.2) is 17.5 Å². The number of carboxylic acids is 1. The summed E-state index contributed by atoms with van der Waals surface area (Å²) in [6.45, 7) is 1.11. The van der Waals surface area contributed by atoms with Crippen molar-refractivity contribution in [2.24, 2.45) is 0 Å². The Hall–Kier alpha value is -2.56. The highest BCUT2D eigenvalue weighted by Crippen LogP contribution is 2.38. The molecule has 2 rings (SSSR count).